The van der Waals surface area contributed by atoms with E-state index in [9.17, 15) is 4.79 Å². The van der Waals surface area contributed by atoms with Crippen LogP contribution in [0.5, 0.6) is 0 Å². The molecule has 8 heteroatoms. The Morgan fingerprint density at radius 1 is 1.09 bits per heavy atom. The number of carbonyl (C=O) groups excluding carboxylic acids is 1. The van der Waals surface area contributed by atoms with Gasteiger partial charge in [-0.3, -0.25) is 4.90 Å². The number of aromatic nitrogens is 2. The number of hydrogen-bond acceptors (Lipinski definition) is 5. The minimum Gasteiger partial charge on any atom is -0.351 e. The minimum atomic E-state index is 0.0622. The zero-order valence-corrected chi connectivity index (χ0v) is 19.5. The number of rotatable bonds is 4. The normalized spacial score (nSPS) is 25.3. The number of nitrogens with one attached hydrogen (secondary N) is 1. The first-order valence-electron chi connectivity index (χ1n) is 11.5. The van der Waals surface area contributed by atoms with E-state index in [0.29, 0.717) is 16.6 Å². The molecule has 1 aromatic heterocycles. The summed E-state index contributed by atoms with van der Waals surface area (Å²) in [5.41, 5.74) is 1.79. The van der Waals surface area contributed by atoms with Crippen LogP contribution >= 0.6 is 11.6 Å². The zero-order chi connectivity index (χ0) is 22.3. The molecule has 1 aromatic carbocycles. The number of carbonyl (C=O) groups is 1. The highest BCUT2D eigenvalue weighted by Crippen LogP contribution is 2.48. The summed E-state index contributed by atoms with van der Waals surface area (Å²) in [7, 11) is 0. The first-order valence-corrected chi connectivity index (χ1v) is 11.9. The van der Waals surface area contributed by atoms with Crippen LogP contribution in [0.2, 0.25) is 5.15 Å². The van der Waals surface area contributed by atoms with E-state index in [1.54, 1.807) is 12.4 Å². The second kappa shape index (κ2) is 8.52. The monoisotopic (exact) mass is 454 g/mol. The molecule has 1 N–H and O–H groups in total. The van der Waals surface area contributed by atoms with Crippen molar-refractivity contribution in [1.29, 1.82) is 0 Å². The largest absolute Gasteiger partial charge is 0.351 e. The maximum absolute atomic E-state index is 13.1. The van der Waals surface area contributed by atoms with Crippen LogP contribution in [-0.2, 0) is 6.54 Å². The quantitative estimate of drug-likeness (QED) is 0.767. The van der Waals surface area contributed by atoms with Gasteiger partial charge >= 0.3 is 6.03 Å². The van der Waals surface area contributed by atoms with Crippen LogP contribution in [0.15, 0.2) is 42.7 Å². The van der Waals surface area contributed by atoms with Crippen LogP contribution in [-0.4, -0.2) is 70.1 Å². The molecule has 170 valence electrons. The number of amides is 2. The SMILES string of the molecule is C[C@@H]1CN(c2cnc(Cl)cn2)C[C@H](C)N1C(=O)NC1CC2(C1)CN(Cc1ccccc1)C2. The molecule has 1 spiro atoms. The van der Waals surface area contributed by atoms with E-state index < -0.39 is 0 Å². The summed E-state index contributed by atoms with van der Waals surface area (Å²) in [6.07, 6.45) is 5.45. The Hall–Kier alpha value is -2.38. The number of urea groups is 1. The highest BCUT2D eigenvalue weighted by molar-refractivity contribution is 6.29. The average molecular weight is 455 g/mol. The van der Waals surface area contributed by atoms with Crippen molar-refractivity contribution in [1.82, 2.24) is 25.1 Å². The van der Waals surface area contributed by atoms with Gasteiger partial charge in [-0.15, -0.1) is 0 Å². The lowest BCUT2D eigenvalue weighted by atomic mass is 9.60. The average Bonchev–Trinajstić information content (AvgIpc) is 2.71. The predicted octanol–water partition coefficient (Wildman–Crippen LogP) is 3.40. The third-order valence-electron chi connectivity index (χ3n) is 7.14. The minimum absolute atomic E-state index is 0.0622. The van der Waals surface area contributed by atoms with Crippen LogP contribution in [0.3, 0.4) is 0 Å². The topological polar surface area (TPSA) is 64.6 Å². The molecule has 0 radical (unpaired) electrons. The molecule has 1 aliphatic carbocycles. The van der Waals surface area contributed by atoms with Crippen molar-refractivity contribution in [3.8, 4) is 0 Å². The smallest absolute Gasteiger partial charge is 0.318 e. The molecule has 1 saturated carbocycles. The van der Waals surface area contributed by atoms with Crippen LogP contribution in [0.4, 0.5) is 10.6 Å². The lowest BCUT2D eigenvalue weighted by Gasteiger charge is -2.59. The van der Waals surface area contributed by atoms with Gasteiger partial charge in [-0.2, -0.15) is 0 Å². The van der Waals surface area contributed by atoms with Crippen molar-refractivity contribution in [2.75, 3.05) is 31.1 Å². The Bertz CT molecular complexity index is 929. The molecule has 2 atom stereocenters. The van der Waals surface area contributed by atoms with Crippen LogP contribution in [0.1, 0.15) is 32.3 Å². The molecule has 2 saturated heterocycles. The van der Waals surface area contributed by atoms with Crippen molar-refractivity contribution in [2.45, 2.75) is 51.4 Å². The molecule has 32 heavy (non-hydrogen) atoms. The van der Waals surface area contributed by atoms with Gasteiger partial charge in [0.2, 0.25) is 0 Å². The summed E-state index contributed by atoms with van der Waals surface area (Å²) in [6, 6.07) is 11.2. The van der Waals surface area contributed by atoms with Crippen molar-refractivity contribution < 1.29 is 4.79 Å². The molecule has 3 fully saturated rings. The summed E-state index contributed by atoms with van der Waals surface area (Å²) in [6.45, 7) is 8.97. The first-order chi connectivity index (χ1) is 15.4. The second-order valence-corrected chi connectivity index (χ2v) is 10.3. The Labute approximate surface area is 194 Å². The number of piperazine rings is 1. The van der Waals surface area contributed by atoms with E-state index in [0.717, 1.165) is 51.4 Å². The fourth-order valence-corrected chi connectivity index (χ4v) is 5.93. The van der Waals surface area contributed by atoms with Gasteiger partial charge in [-0.05, 0) is 37.7 Å². The number of nitrogens with zero attached hydrogens (tertiary/aromatic N) is 5. The molecule has 0 unspecified atom stereocenters. The molecule has 0 bridgehead atoms. The van der Waals surface area contributed by atoms with E-state index >= 15 is 0 Å². The van der Waals surface area contributed by atoms with Crippen LogP contribution in [0, 0.1) is 5.41 Å². The second-order valence-electron chi connectivity index (χ2n) is 9.89. The third kappa shape index (κ3) is 4.28. The van der Waals surface area contributed by atoms with Gasteiger partial charge in [0.05, 0.1) is 12.4 Å². The van der Waals surface area contributed by atoms with E-state index in [4.69, 9.17) is 11.6 Å². The van der Waals surface area contributed by atoms with Gasteiger partial charge in [0.1, 0.15) is 11.0 Å². The molecular weight excluding hydrogens is 424 g/mol. The van der Waals surface area contributed by atoms with Crippen molar-refractivity contribution in [3.63, 3.8) is 0 Å². The molecule has 3 aliphatic rings. The number of benzene rings is 1. The standard InChI is InChI=1S/C24H31ClN6O/c1-17-12-30(22-11-26-21(25)10-27-22)13-18(2)31(17)23(32)28-20-8-24(9-20)15-29(16-24)14-19-6-4-3-5-7-19/h3-7,10-11,17-18,20H,8-9,12-16H2,1-2H3,(H,28,32)/t17-,18+. The summed E-state index contributed by atoms with van der Waals surface area (Å²) < 4.78 is 0. The van der Waals surface area contributed by atoms with E-state index in [-0.39, 0.29) is 18.1 Å². The third-order valence-corrected chi connectivity index (χ3v) is 7.33. The molecule has 5 rings (SSSR count). The van der Waals surface area contributed by atoms with Crippen molar-refractivity contribution in [2.24, 2.45) is 5.41 Å². The Morgan fingerprint density at radius 2 is 1.78 bits per heavy atom. The molecule has 2 amide bonds. The van der Waals surface area contributed by atoms with Crippen molar-refractivity contribution in [3.05, 3.63) is 53.4 Å². The Balaban J connectivity index is 1.09. The fraction of sp³-hybridized carbons (Fsp3) is 0.542. The number of hydrogen-bond donors (Lipinski definition) is 1. The Morgan fingerprint density at radius 3 is 2.41 bits per heavy atom. The summed E-state index contributed by atoms with van der Waals surface area (Å²) >= 11 is 5.86. The summed E-state index contributed by atoms with van der Waals surface area (Å²) in [5.74, 6) is 0.805. The number of likely N-dealkylation sites (tertiary alicyclic amines) is 1. The number of halogens is 1. The van der Waals surface area contributed by atoms with Gasteiger partial charge in [-0.25, -0.2) is 14.8 Å². The first kappa shape index (κ1) is 21.5. The van der Waals surface area contributed by atoms with E-state index in [1.807, 2.05) is 4.90 Å². The van der Waals surface area contributed by atoms with Crippen molar-refractivity contribution >= 4 is 23.4 Å². The molecule has 7 nitrogen and oxygen atoms in total. The number of anilines is 1. The van der Waals surface area contributed by atoms with E-state index in [1.165, 1.54) is 5.56 Å². The highest BCUT2D eigenvalue weighted by Gasteiger charge is 2.52. The van der Waals surface area contributed by atoms with Gasteiger partial charge in [0.15, 0.2) is 0 Å². The lowest BCUT2D eigenvalue weighted by Crippen LogP contribution is -2.68. The van der Waals surface area contributed by atoms with Gasteiger partial charge < -0.3 is 15.1 Å². The van der Waals surface area contributed by atoms with Crippen LogP contribution < -0.4 is 10.2 Å². The molecular formula is C24H31ClN6O. The maximum atomic E-state index is 13.1. The summed E-state index contributed by atoms with van der Waals surface area (Å²) in [5, 5.41) is 3.69. The highest BCUT2D eigenvalue weighted by atomic mass is 35.5. The summed E-state index contributed by atoms with van der Waals surface area (Å²) in [4.78, 5) is 28.3. The van der Waals surface area contributed by atoms with E-state index in [2.05, 4.69) is 69.3 Å². The fourth-order valence-electron chi connectivity index (χ4n) is 5.83. The molecule has 2 aromatic rings. The van der Waals surface area contributed by atoms with Crippen LogP contribution in [0.25, 0.3) is 0 Å². The van der Waals surface area contributed by atoms with Gasteiger partial charge in [0, 0.05) is 50.8 Å². The zero-order valence-electron chi connectivity index (χ0n) is 18.7. The lowest BCUT2D eigenvalue weighted by molar-refractivity contribution is -0.0812. The van der Waals surface area contributed by atoms with Gasteiger partial charge in [0.25, 0.3) is 0 Å². The Kier molecular flexibility index (Phi) is 5.72. The predicted molar refractivity (Wildman–Crippen MR) is 126 cm³/mol. The molecule has 3 heterocycles. The van der Waals surface area contributed by atoms with Gasteiger partial charge in [-0.1, -0.05) is 41.9 Å². The maximum Gasteiger partial charge on any atom is 0.318 e. The molecule has 2 aliphatic heterocycles.